The van der Waals surface area contributed by atoms with Crippen LogP contribution in [0, 0.1) is 0 Å². The molecule has 0 aliphatic carbocycles. The van der Waals surface area contributed by atoms with E-state index in [1.54, 1.807) is 6.92 Å². The molecule has 0 spiro atoms. The molecule has 90 valence electrons. The number of hydrogen-bond donors (Lipinski definition) is 1. The van der Waals surface area contributed by atoms with Gasteiger partial charge < -0.3 is 5.32 Å². The molecule has 2 rings (SSSR count). The number of nitrogens with one attached hydrogen (secondary N) is 1. The minimum absolute atomic E-state index is 0.171. The maximum absolute atomic E-state index is 12.3. The highest BCUT2D eigenvalue weighted by Gasteiger charge is 2.48. The van der Waals surface area contributed by atoms with Gasteiger partial charge in [0.15, 0.2) is 0 Å². The van der Waals surface area contributed by atoms with Crippen LogP contribution in [-0.2, 0) is 10.3 Å². The Balaban J connectivity index is 2.35. The second-order valence-electron chi connectivity index (χ2n) is 4.38. The predicted molar refractivity (Wildman–Crippen MR) is 64.3 cm³/mol. The van der Waals surface area contributed by atoms with E-state index in [-0.39, 0.29) is 11.9 Å². The first-order valence-electron chi connectivity index (χ1n) is 5.79. The van der Waals surface area contributed by atoms with Crippen LogP contribution in [0.4, 0.5) is 4.79 Å². The van der Waals surface area contributed by atoms with Crippen molar-refractivity contribution >= 4 is 11.9 Å². The Kier molecular flexibility index (Phi) is 2.88. The summed E-state index contributed by atoms with van der Waals surface area (Å²) in [6.45, 7) is 4.16. The minimum atomic E-state index is -0.923. The molecule has 0 unspecified atom stereocenters. The van der Waals surface area contributed by atoms with Crippen LogP contribution in [0.5, 0.6) is 0 Å². The highest BCUT2D eigenvalue weighted by atomic mass is 16.2. The van der Waals surface area contributed by atoms with Crippen LogP contribution in [0.25, 0.3) is 0 Å². The Morgan fingerprint density at radius 2 is 1.88 bits per heavy atom. The number of carbonyl (C=O) groups is 2. The second-order valence-corrected chi connectivity index (χ2v) is 4.38. The monoisotopic (exact) mass is 232 g/mol. The standard InChI is InChI=1S/C13H16N2O2/c1-3-9-15-11(16)13(2,14-12(15)17)10-7-5-4-6-8-10/h4-8H,3,9H2,1-2H3,(H,14,17)/t13-/m1/s1. The highest BCUT2D eigenvalue weighted by Crippen LogP contribution is 2.28. The molecule has 0 saturated carbocycles. The van der Waals surface area contributed by atoms with Gasteiger partial charge in [-0.1, -0.05) is 37.3 Å². The van der Waals surface area contributed by atoms with Gasteiger partial charge in [0.2, 0.25) is 0 Å². The van der Waals surface area contributed by atoms with Gasteiger partial charge in [0.25, 0.3) is 5.91 Å². The van der Waals surface area contributed by atoms with Crippen molar-refractivity contribution in [3.05, 3.63) is 35.9 Å². The quantitative estimate of drug-likeness (QED) is 0.809. The summed E-state index contributed by atoms with van der Waals surface area (Å²) in [6.07, 6.45) is 0.768. The van der Waals surface area contributed by atoms with Gasteiger partial charge >= 0.3 is 6.03 Å². The third-order valence-corrected chi connectivity index (χ3v) is 3.07. The zero-order chi connectivity index (χ0) is 12.5. The molecule has 1 aliphatic rings. The zero-order valence-electron chi connectivity index (χ0n) is 10.1. The lowest BCUT2D eigenvalue weighted by Gasteiger charge is -2.21. The molecule has 1 aromatic rings. The number of carbonyl (C=O) groups excluding carboxylic acids is 2. The van der Waals surface area contributed by atoms with Gasteiger partial charge in [-0.2, -0.15) is 0 Å². The van der Waals surface area contributed by atoms with Crippen molar-refractivity contribution < 1.29 is 9.59 Å². The lowest BCUT2D eigenvalue weighted by atomic mass is 9.92. The zero-order valence-corrected chi connectivity index (χ0v) is 10.1. The molecule has 0 radical (unpaired) electrons. The van der Waals surface area contributed by atoms with E-state index in [0.29, 0.717) is 6.54 Å². The predicted octanol–water partition coefficient (Wildman–Crippen LogP) is 1.86. The fourth-order valence-electron chi connectivity index (χ4n) is 2.09. The van der Waals surface area contributed by atoms with E-state index < -0.39 is 5.54 Å². The Morgan fingerprint density at radius 3 is 2.47 bits per heavy atom. The molecule has 3 amide bonds. The summed E-state index contributed by atoms with van der Waals surface area (Å²) in [5.41, 5.74) is -0.106. The highest BCUT2D eigenvalue weighted by molar-refractivity contribution is 6.07. The van der Waals surface area contributed by atoms with Crippen LogP contribution < -0.4 is 5.32 Å². The summed E-state index contributed by atoms with van der Waals surface area (Å²) in [7, 11) is 0. The van der Waals surface area contributed by atoms with Crippen LogP contribution in [0.1, 0.15) is 25.8 Å². The Labute approximate surface area is 101 Å². The third kappa shape index (κ3) is 1.79. The number of amides is 3. The lowest BCUT2D eigenvalue weighted by Crippen LogP contribution is -2.40. The SMILES string of the molecule is CCCN1C(=O)N[C@](C)(c2ccccc2)C1=O. The van der Waals surface area contributed by atoms with Gasteiger partial charge in [-0.25, -0.2) is 4.79 Å². The van der Waals surface area contributed by atoms with Crippen LogP contribution in [0.2, 0.25) is 0 Å². The van der Waals surface area contributed by atoms with Gasteiger partial charge in [-0.15, -0.1) is 0 Å². The second kappa shape index (κ2) is 4.20. The molecule has 1 N–H and O–H groups in total. The van der Waals surface area contributed by atoms with E-state index in [2.05, 4.69) is 5.32 Å². The van der Waals surface area contributed by atoms with E-state index in [0.717, 1.165) is 12.0 Å². The molecule has 1 aromatic carbocycles. The van der Waals surface area contributed by atoms with Crippen molar-refractivity contribution in [3.8, 4) is 0 Å². The first kappa shape index (κ1) is 11.6. The Morgan fingerprint density at radius 1 is 1.24 bits per heavy atom. The molecule has 0 bridgehead atoms. The van der Waals surface area contributed by atoms with Gasteiger partial charge in [-0.3, -0.25) is 9.69 Å². The average molecular weight is 232 g/mol. The summed E-state index contributed by atoms with van der Waals surface area (Å²) >= 11 is 0. The summed E-state index contributed by atoms with van der Waals surface area (Å²) < 4.78 is 0. The number of benzene rings is 1. The van der Waals surface area contributed by atoms with E-state index >= 15 is 0 Å². The Bertz CT molecular complexity index is 444. The summed E-state index contributed by atoms with van der Waals surface area (Å²) in [5.74, 6) is -0.171. The fraction of sp³-hybridized carbons (Fsp3) is 0.385. The van der Waals surface area contributed by atoms with Crippen LogP contribution in [0.15, 0.2) is 30.3 Å². The minimum Gasteiger partial charge on any atom is -0.319 e. The van der Waals surface area contributed by atoms with Crippen LogP contribution in [0.3, 0.4) is 0 Å². The maximum Gasteiger partial charge on any atom is 0.325 e. The van der Waals surface area contributed by atoms with Crippen LogP contribution >= 0.6 is 0 Å². The number of hydrogen-bond acceptors (Lipinski definition) is 2. The van der Waals surface area contributed by atoms with Crippen LogP contribution in [-0.4, -0.2) is 23.4 Å². The summed E-state index contributed by atoms with van der Waals surface area (Å²) in [4.78, 5) is 25.3. The summed E-state index contributed by atoms with van der Waals surface area (Å²) in [5, 5.41) is 2.77. The molecule has 17 heavy (non-hydrogen) atoms. The molecule has 4 nitrogen and oxygen atoms in total. The van der Waals surface area contributed by atoms with Crippen molar-refractivity contribution in [3.63, 3.8) is 0 Å². The van der Waals surface area contributed by atoms with Crippen molar-refractivity contribution in [1.29, 1.82) is 0 Å². The topological polar surface area (TPSA) is 49.4 Å². The summed E-state index contributed by atoms with van der Waals surface area (Å²) in [6, 6.07) is 9.02. The number of imide groups is 1. The number of urea groups is 1. The molecule has 0 aromatic heterocycles. The van der Waals surface area contributed by atoms with E-state index in [1.165, 1.54) is 4.90 Å². The van der Waals surface area contributed by atoms with Gasteiger partial charge in [0.1, 0.15) is 5.54 Å². The molecular formula is C13H16N2O2. The van der Waals surface area contributed by atoms with E-state index in [4.69, 9.17) is 0 Å². The van der Waals surface area contributed by atoms with E-state index in [1.807, 2.05) is 37.3 Å². The molecular weight excluding hydrogens is 216 g/mol. The van der Waals surface area contributed by atoms with Gasteiger partial charge in [0.05, 0.1) is 0 Å². The molecule has 1 heterocycles. The first-order chi connectivity index (χ1) is 8.09. The largest absolute Gasteiger partial charge is 0.325 e. The number of nitrogens with zero attached hydrogens (tertiary/aromatic N) is 1. The van der Waals surface area contributed by atoms with Crippen molar-refractivity contribution in [2.75, 3.05) is 6.54 Å². The lowest BCUT2D eigenvalue weighted by molar-refractivity contribution is -0.131. The molecule has 4 heteroatoms. The van der Waals surface area contributed by atoms with Crippen molar-refractivity contribution in [2.45, 2.75) is 25.8 Å². The normalized spacial score (nSPS) is 24.0. The van der Waals surface area contributed by atoms with Crippen molar-refractivity contribution in [2.24, 2.45) is 0 Å². The molecule has 1 fully saturated rings. The molecule has 1 aliphatic heterocycles. The van der Waals surface area contributed by atoms with Gasteiger partial charge in [-0.05, 0) is 18.9 Å². The van der Waals surface area contributed by atoms with Gasteiger partial charge in [0, 0.05) is 6.54 Å². The average Bonchev–Trinajstić information content (AvgIpc) is 2.56. The molecule has 1 atom stereocenters. The van der Waals surface area contributed by atoms with E-state index in [9.17, 15) is 9.59 Å². The Hall–Kier alpha value is -1.84. The smallest absolute Gasteiger partial charge is 0.319 e. The third-order valence-electron chi connectivity index (χ3n) is 3.07. The maximum atomic E-state index is 12.3. The molecule has 1 saturated heterocycles. The fourth-order valence-corrected chi connectivity index (χ4v) is 2.09. The first-order valence-corrected chi connectivity index (χ1v) is 5.79. The van der Waals surface area contributed by atoms with Crippen molar-refractivity contribution in [1.82, 2.24) is 10.2 Å². The number of rotatable bonds is 3.